The number of hydrogen-bond acceptors (Lipinski definition) is 3. The minimum atomic E-state index is -0.191. The number of nitrogens with one attached hydrogen (secondary N) is 2. The maximum absolute atomic E-state index is 11.3. The zero-order chi connectivity index (χ0) is 18.6. The van der Waals surface area contributed by atoms with Crippen LogP contribution in [0, 0.1) is 5.92 Å². The zero-order valence-corrected chi connectivity index (χ0v) is 16.0. The number of halogens is 1. The molecule has 0 radical (unpaired) electrons. The molecule has 2 heterocycles. The molecule has 0 bridgehead atoms. The maximum atomic E-state index is 11.3. The number of hydrogen-bond donors (Lipinski definition) is 2. The summed E-state index contributed by atoms with van der Waals surface area (Å²) in [6.07, 6.45) is 3.58. The third-order valence-corrected chi connectivity index (χ3v) is 5.56. The van der Waals surface area contributed by atoms with Crippen LogP contribution in [-0.4, -0.2) is 41.1 Å². The van der Waals surface area contributed by atoms with E-state index in [2.05, 4.69) is 27.0 Å². The fraction of sp³-hybridized carbons (Fsp3) is 0.381. The van der Waals surface area contributed by atoms with E-state index in [0.29, 0.717) is 6.61 Å². The van der Waals surface area contributed by atoms with Crippen molar-refractivity contribution in [2.45, 2.75) is 19.3 Å². The number of piperidine rings is 1. The van der Waals surface area contributed by atoms with Crippen LogP contribution < -0.4 is 10.4 Å². The molecule has 3 aromatic rings. The number of nitrogens with zero attached hydrogens (tertiary/aromatic N) is 1. The Labute approximate surface area is 163 Å². The molecule has 0 aliphatic carbocycles. The Morgan fingerprint density at radius 1 is 1.04 bits per heavy atom. The normalized spacial score (nSPS) is 16.0. The summed E-state index contributed by atoms with van der Waals surface area (Å²) in [6, 6.07) is 13.8. The molecule has 0 amide bonds. The van der Waals surface area contributed by atoms with Gasteiger partial charge in [-0.2, -0.15) is 0 Å². The topological polar surface area (TPSA) is 61.1 Å². The second-order valence-electron chi connectivity index (χ2n) is 7.25. The maximum Gasteiger partial charge on any atom is 0.323 e. The van der Waals surface area contributed by atoms with Crippen molar-refractivity contribution in [2.75, 3.05) is 26.2 Å². The van der Waals surface area contributed by atoms with Gasteiger partial charge in [0, 0.05) is 17.6 Å². The zero-order valence-electron chi connectivity index (χ0n) is 15.2. The lowest BCUT2D eigenvalue weighted by molar-refractivity contribution is 0.155. The van der Waals surface area contributed by atoms with E-state index in [1.54, 1.807) is 0 Å². The van der Waals surface area contributed by atoms with Gasteiger partial charge >= 0.3 is 5.69 Å². The Hall–Kier alpha value is -2.24. The van der Waals surface area contributed by atoms with Crippen molar-refractivity contribution in [2.24, 2.45) is 5.92 Å². The minimum absolute atomic E-state index is 0.191. The van der Waals surface area contributed by atoms with Crippen LogP contribution in [0.1, 0.15) is 18.4 Å². The van der Waals surface area contributed by atoms with E-state index in [-0.39, 0.29) is 5.69 Å². The number of likely N-dealkylation sites (tertiary alicyclic amines) is 1. The molecule has 142 valence electrons. The van der Waals surface area contributed by atoms with Crippen molar-refractivity contribution in [3.8, 4) is 5.75 Å². The summed E-state index contributed by atoms with van der Waals surface area (Å²) in [5, 5.41) is 0.801. The largest absolute Gasteiger partial charge is 0.492 e. The molecule has 5 nitrogen and oxygen atoms in total. The number of benzene rings is 2. The minimum Gasteiger partial charge on any atom is -0.492 e. The van der Waals surface area contributed by atoms with Crippen molar-refractivity contribution in [1.82, 2.24) is 14.9 Å². The fourth-order valence-corrected chi connectivity index (χ4v) is 3.89. The van der Waals surface area contributed by atoms with E-state index in [9.17, 15) is 4.79 Å². The molecule has 0 unspecified atom stereocenters. The summed E-state index contributed by atoms with van der Waals surface area (Å²) in [7, 11) is 0. The average Bonchev–Trinajstić information content (AvgIpc) is 3.04. The molecule has 1 fully saturated rings. The van der Waals surface area contributed by atoms with Crippen molar-refractivity contribution in [3.05, 3.63) is 63.5 Å². The van der Waals surface area contributed by atoms with Gasteiger partial charge in [0.05, 0.1) is 11.0 Å². The van der Waals surface area contributed by atoms with Gasteiger partial charge in [0.1, 0.15) is 12.4 Å². The summed E-state index contributed by atoms with van der Waals surface area (Å²) in [4.78, 5) is 19.3. The third-order valence-electron chi connectivity index (χ3n) is 5.31. The van der Waals surface area contributed by atoms with Gasteiger partial charge in [0.15, 0.2) is 0 Å². The second-order valence-corrected chi connectivity index (χ2v) is 7.69. The van der Waals surface area contributed by atoms with Crippen molar-refractivity contribution < 1.29 is 4.74 Å². The highest BCUT2D eigenvalue weighted by Crippen LogP contribution is 2.23. The quantitative estimate of drug-likeness (QED) is 0.677. The average molecular weight is 386 g/mol. The predicted molar refractivity (Wildman–Crippen MR) is 109 cm³/mol. The first-order valence-corrected chi connectivity index (χ1v) is 9.85. The van der Waals surface area contributed by atoms with Crippen LogP contribution in [0.25, 0.3) is 11.0 Å². The lowest BCUT2D eigenvalue weighted by atomic mass is 9.90. The molecule has 1 aromatic heterocycles. The van der Waals surface area contributed by atoms with Crippen molar-refractivity contribution >= 4 is 22.6 Å². The van der Waals surface area contributed by atoms with Crippen LogP contribution >= 0.6 is 11.6 Å². The van der Waals surface area contributed by atoms with E-state index < -0.39 is 0 Å². The standard InChI is InChI=1S/C21H24ClN3O2/c22-17-3-1-15(2-4-17)13-16-7-9-25(10-8-16)11-12-27-18-5-6-19-20(14-18)24-21(26)23-19/h1-6,14,16H,7-13H2,(H2,23,24,26). The molecule has 6 heteroatoms. The lowest BCUT2D eigenvalue weighted by Gasteiger charge is -2.31. The number of rotatable bonds is 6. The van der Waals surface area contributed by atoms with Crippen LogP contribution in [0.2, 0.25) is 5.02 Å². The van der Waals surface area contributed by atoms with Gasteiger partial charge in [-0.3, -0.25) is 4.90 Å². The Bertz CT molecular complexity index is 940. The van der Waals surface area contributed by atoms with E-state index in [1.165, 1.54) is 18.4 Å². The summed E-state index contributed by atoms with van der Waals surface area (Å²) in [5.74, 6) is 1.53. The molecule has 1 saturated heterocycles. The Balaban J connectivity index is 1.21. The van der Waals surface area contributed by atoms with E-state index in [1.807, 2.05) is 30.3 Å². The van der Waals surface area contributed by atoms with Crippen LogP contribution in [0.5, 0.6) is 5.75 Å². The summed E-state index contributed by atoms with van der Waals surface area (Å²) in [5.41, 5.74) is 2.76. The first-order chi connectivity index (χ1) is 13.2. The summed E-state index contributed by atoms with van der Waals surface area (Å²) >= 11 is 5.96. The van der Waals surface area contributed by atoms with Gasteiger partial charge in [-0.1, -0.05) is 23.7 Å². The van der Waals surface area contributed by atoms with Crippen LogP contribution in [-0.2, 0) is 6.42 Å². The summed E-state index contributed by atoms with van der Waals surface area (Å²) in [6.45, 7) is 3.81. The van der Waals surface area contributed by atoms with Crippen molar-refractivity contribution in [1.29, 1.82) is 0 Å². The molecule has 0 atom stereocenters. The molecule has 1 aliphatic heterocycles. The van der Waals surface area contributed by atoms with Gasteiger partial charge < -0.3 is 14.7 Å². The number of ether oxygens (including phenoxy) is 1. The number of aromatic nitrogens is 2. The highest BCUT2D eigenvalue weighted by Gasteiger charge is 2.19. The molecule has 0 spiro atoms. The number of fused-ring (bicyclic) bond motifs is 1. The van der Waals surface area contributed by atoms with Gasteiger partial charge in [-0.25, -0.2) is 4.79 Å². The molecular formula is C21H24ClN3O2. The highest BCUT2D eigenvalue weighted by atomic mass is 35.5. The van der Waals surface area contributed by atoms with Crippen molar-refractivity contribution in [3.63, 3.8) is 0 Å². The summed E-state index contributed by atoms with van der Waals surface area (Å²) < 4.78 is 5.87. The monoisotopic (exact) mass is 385 g/mol. The van der Waals surface area contributed by atoms with E-state index >= 15 is 0 Å². The number of H-pyrrole nitrogens is 2. The van der Waals surface area contributed by atoms with Crippen LogP contribution in [0.4, 0.5) is 0 Å². The Kier molecular flexibility index (Phi) is 5.50. The first kappa shape index (κ1) is 18.1. The second kappa shape index (κ2) is 8.19. The fourth-order valence-electron chi connectivity index (χ4n) is 3.76. The number of aromatic amines is 2. The molecule has 0 saturated carbocycles. The molecule has 27 heavy (non-hydrogen) atoms. The van der Waals surface area contributed by atoms with E-state index in [0.717, 1.165) is 53.8 Å². The van der Waals surface area contributed by atoms with Gasteiger partial charge in [0.25, 0.3) is 0 Å². The molecule has 4 rings (SSSR count). The SMILES string of the molecule is O=c1[nH]c2ccc(OCCN3CCC(Cc4ccc(Cl)cc4)CC3)cc2[nH]1. The molecule has 2 aromatic carbocycles. The smallest absolute Gasteiger partial charge is 0.323 e. The lowest BCUT2D eigenvalue weighted by Crippen LogP contribution is -2.37. The molecule has 2 N–H and O–H groups in total. The predicted octanol–water partition coefficient (Wildman–Crippen LogP) is 3.84. The van der Waals surface area contributed by atoms with Crippen LogP contribution in [0.3, 0.4) is 0 Å². The Morgan fingerprint density at radius 2 is 1.78 bits per heavy atom. The van der Waals surface area contributed by atoms with Gasteiger partial charge in [0.2, 0.25) is 0 Å². The van der Waals surface area contributed by atoms with Crippen LogP contribution in [0.15, 0.2) is 47.3 Å². The molecule has 1 aliphatic rings. The van der Waals surface area contributed by atoms with Gasteiger partial charge in [-0.15, -0.1) is 0 Å². The number of imidazole rings is 1. The van der Waals surface area contributed by atoms with E-state index in [4.69, 9.17) is 16.3 Å². The van der Waals surface area contributed by atoms with Gasteiger partial charge in [-0.05, 0) is 68.1 Å². The highest BCUT2D eigenvalue weighted by molar-refractivity contribution is 6.30. The Morgan fingerprint density at radius 3 is 2.56 bits per heavy atom. The molecular weight excluding hydrogens is 362 g/mol. The first-order valence-electron chi connectivity index (χ1n) is 9.47. The third kappa shape index (κ3) is 4.73.